The van der Waals surface area contributed by atoms with E-state index >= 15 is 0 Å². The van der Waals surface area contributed by atoms with Crippen molar-refractivity contribution >= 4 is 76.5 Å². The minimum Gasteiger partial charge on any atom is -0.455 e. The van der Waals surface area contributed by atoms with Gasteiger partial charge in [-0.15, -0.1) is 0 Å². The number of furan rings is 1. The predicted octanol–water partition coefficient (Wildman–Crippen LogP) is 13.2. The zero-order valence-corrected chi connectivity index (χ0v) is 29.8. The first-order valence-electron chi connectivity index (χ1n) is 18.7. The van der Waals surface area contributed by atoms with Crippen molar-refractivity contribution in [3.05, 3.63) is 182 Å². The molecule has 0 spiro atoms. The molecular weight excluding hydrogens is 692 g/mol. The fourth-order valence-corrected chi connectivity index (χ4v) is 8.75. The third-order valence-electron chi connectivity index (χ3n) is 11.2. The molecule has 0 bridgehead atoms. The molecule has 4 aromatic heterocycles. The van der Waals surface area contributed by atoms with Gasteiger partial charge in [-0.2, -0.15) is 0 Å². The van der Waals surface area contributed by atoms with E-state index in [0.717, 1.165) is 105 Å². The molecule has 0 atom stereocenters. The third kappa shape index (κ3) is 4.41. The number of hydrogen-bond donors (Lipinski definition) is 0. The van der Waals surface area contributed by atoms with Gasteiger partial charge in [0.05, 0.1) is 33.3 Å². The highest BCUT2D eigenvalue weighted by Gasteiger charge is 2.23. The summed E-state index contributed by atoms with van der Waals surface area (Å²) in [6.45, 7) is 0. The van der Waals surface area contributed by atoms with Crippen molar-refractivity contribution in [3.8, 4) is 34.0 Å². The highest BCUT2D eigenvalue weighted by atomic mass is 19.1. The molecule has 0 amide bonds. The minimum absolute atomic E-state index is 0.264. The summed E-state index contributed by atoms with van der Waals surface area (Å²) >= 11 is 0. The van der Waals surface area contributed by atoms with Gasteiger partial charge in [-0.3, -0.25) is 4.57 Å². The Morgan fingerprint density at radius 3 is 1.93 bits per heavy atom. The predicted molar refractivity (Wildman–Crippen MR) is 226 cm³/mol. The molecule has 5 nitrogen and oxygen atoms in total. The number of para-hydroxylation sites is 5. The van der Waals surface area contributed by atoms with E-state index in [1.807, 2.05) is 42.5 Å². The second-order valence-electron chi connectivity index (χ2n) is 14.3. The Bertz CT molecular complexity index is 3540. The van der Waals surface area contributed by atoms with Gasteiger partial charge in [0.2, 0.25) is 5.95 Å². The van der Waals surface area contributed by atoms with Crippen molar-refractivity contribution in [2.75, 3.05) is 0 Å². The van der Waals surface area contributed by atoms with Crippen molar-refractivity contribution in [3.63, 3.8) is 0 Å². The molecule has 0 saturated heterocycles. The Kier molecular flexibility index (Phi) is 6.45. The summed E-state index contributed by atoms with van der Waals surface area (Å²) in [7, 11) is 0. The van der Waals surface area contributed by atoms with E-state index in [9.17, 15) is 4.39 Å². The smallest absolute Gasteiger partial charge is 0.235 e. The van der Waals surface area contributed by atoms with Gasteiger partial charge in [-0.1, -0.05) is 121 Å². The van der Waals surface area contributed by atoms with Crippen LogP contribution in [-0.4, -0.2) is 19.1 Å². The second kappa shape index (κ2) is 11.7. The normalized spacial score (nSPS) is 12.0. The molecule has 0 aliphatic carbocycles. The quantitative estimate of drug-likeness (QED) is 0.182. The zero-order chi connectivity index (χ0) is 36.9. The molecule has 0 radical (unpaired) electrons. The first-order valence-corrected chi connectivity index (χ1v) is 18.7. The SMILES string of the molecule is Fc1ccc(-n2c3ccccc3c3c2ccc2c4ccccc4n(-c4nc(-c5ccc(-c6cccc7c6oc6ccccc67)cc5)c5ccccc5n4)c23)cc1. The standard InChI is InChI=1S/C50H29FN4O/c51-32-24-26-33(27-25-32)54-43-18-7-3-13-40(43)46-44(54)29-28-37-35-10-2-6-17-42(35)55(48(37)46)50-52-41-16-5-1-12-39(41)47(53-50)31-22-20-30(21-23-31)34-14-9-15-38-36-11-4-8-19-45(36)56-49(34)38/h1-29H. The molecule has 12 aromatic rings. The van der Waals surface area contributed by atoms with E-state index < -0.39 is 0 Å². The minimum atomic E-state index is -0.264. The first kappa shape index (κ1) is 30.8. The van der Waals surface area contributed by atoms with Crippen LogP contribution < -0.4 is 0 Å². The Morgan fingerprint density at radius 1 is 0.446 bits per heavy atom. The second-order valence-corrected chi connectivity index (χ2v) is 14.3. The number of hydrogen-bond acceptors (Lipinski definition) is 3. The van der Waals surface area contributed by atoms with E-state index in [-0.39, 0.29) is 5.82 Å². The van der Waals surface area contributed by atoms with E-state index in [0.29, 0.717) is 5.95 Å². The van der Waals surface area contributed by atoms with Crippen molar-refractivity contribution in [2.24, 2.45) is 0 Å². The summed E-state index contributed by atoms with van der Waals surface area (Å²) in [6, 6.07) is 59.3. The lowest BCUT2D eigenvalue weighted by atomic mass is 9.99. The third-order valence-corrected chi connectivity index (χ3v) is 11.2. The number of aromatic nitrogens is 4. The molecule has 0 aliphatic heterocycles. The van der Waals surface area contributed by atoms with Gasteiger partial charge in [0.1, 0.15) is 17.0 Å². The molecule has 8 aromatic carbocycles. The van der Waals surface area contributed by atoms with Crippen molar-refractivity contribution in [1.82, 2.24) is 19.1 Å². The van der Waals surface area contributed by atoms with Crippen molar-refractivity contribution in [2.45, 2.75) is 0 Å². The molecular formula is C50H29FN4O. The fourth-order valence-electron chi connectivity index (χ4n) is 8.75. The maximum absolute atomic E-state index is 14.1. The van der Waals surface area contributed by atoms with Crippen LogP contribution in [0.25, 0.3) is 110 Å². The van der Waals surface area contributed by atoms with Gasteiger partial charge in [0, 0.05) is 54.5 Å². The van der Waals surface area contributed by atoms with Crippen molar-refractivity contribution in [1.29, 1.82) is 0 Å². The van der Waals surface area contributed by atoms with Gasteiger partial charge in [-0.05, 0) is 60.2 Å². The van der Waals surface area contributed by atoms with Crippen LogP contribution in [0.3, 0.4) is 0 Å². The molecule has 12 rings (SSSR count). The van der Waals surface area contributed by atoms with E-state index in [1.54, 1.807) is 0 Å². The molecule has 0 fully saturated rings. The Labute approximate surface area is 319 Å². The lowest BCUT2D eigenvalue weighted by Crippen LogP contribution is -2.03. The van der Waals surface area contributed by atoms with E-state index in [1.165, 1.54) is 12.1 Å². The lowest BCUT2D eigenvalue weighted by molar-refractivity contribution is 0.627. The summed E-state index contributed by atoms with van der Waals surface area (Å²) in [4.78, 5) is 10.7. The molecule has 4 heterocycles. The average Bonchev–Trinajstić information content (AvgIpc) is 3.92. The fraction of sp³-hybridized carbons (Fsp3) is 0. The van der Waals surface area contributed by atoms with Crippen molar-refractivity contribution < 1.29 is 8.81 Å². The first-order chi connectivity index (χ1) is 27.7. The van der Waals surface area contributed by atoms with Gasteiger partial charge in [0.25, 0.3) is 0 Å². The van der Waals surface area contributed by atoms with Gasteiger partial charge in [-0.25, -0.2) is 14.4 Å². The summed E-state index contributed by atoms with van der Waals surface area (Å²) in [5, 5.41) is 7.60. The lowest BCUT2D eigenvalue weighted by Gasteiger charge is -2.13. The summed E-state index contributed by atoms with van der Waals surface area (Å²) < 4.78 is 25.0. The summed E-state index contributed by atoms with van der Waals surface area (Å²) in [5.74, 6) is 0.326. The molecule has 0 unspecified atom stereocenters. The van der Waals surface area contributed by atoms with Gasteiger partial charge < -0.3 is 8.98 Å². The molecule has 6 heteroatoms. The number of nitrogens with zero attached hydrogens (tertiary/aromatic N) is 4. The molecule has 0 N–H and O–H groups in total. The van der Waals surface area contributed by atoms with Gasteiger partial charge >= 0.3 is 0 Å². The number of halogens is 1. The summed E-state index contributed by atoms with van der Waals surface area (Å²) in [5.41, 5.74) is 11.6. The van der Waals surface area contributed by atoms with Crippen LogP contribution in [0.4, 0.5) is 4.39 Å². The monoisotopic (exact) mass is 720 g/mol. The Hall–Kier alpha value is -7.57. The zero-order valence-electron chi connectivity index (χ0n) is 29.8. The van der Waals surface area contributed by atoms with E-state index in [2.05, 4.69) is 130 Å². The van der Waals surface area contributed by atoms with Crippen LogP contribution >= 0.6 is 0 Å². The maximum Gasteiger partial charge on any atom is 0.235 e. The highest BCUT2D eigenvalue weighted by molar-refractivity contribution is 6.26. The van der Waals surface area contributed by atoms with Crippen LogP contribution in [-0.2, 0) is 0 Å². The van der Waals surface area contributed by atoms with Crippen LogP contribution in [0.2, 0.25) is 0 Å². The molecule has 0 saturated carbocycles. The van der Waals surface area contributed by atoms with Crippen LogP contribution in [0, 0.1) is 5.82 Å². The largest absolute Gasteiger partial charge is 0.455 e. The summed E-state index contributed by atoms with van der Waals surface area (Å²) in [6.07, 6.45) is 0. The maximum atomic E-state index is 14.1. The average molecular weight is 721 g/mol. The van der Waals surface area contributed by atoms with Gasteiger partial charge in [0.15, 0.2) is 0 Å². The topological polar surface area (TPSA) is 48.8 Å². The molecule has 56 heavy (non-hydrogen) atoms. The number of benzene rings is 8. The molecule has 0 aliphatic rings. The van der Waals surface area contributed by atoms with E-state index in [4.69, 9.17) is 14.4 Å². The highest BCUT2D eigenvalue weighted by Crippen LogP contribution is 2.42. The number of rotatable bonds is 4. The number of fused-ring (bicyclic) bond motifs is 11. The van der Waals surface area contributed by atoms with Crippen LogP contribution in [0.15, 0.2) is 180 Å². The van der Waals surface area contributed by atoms with Crippen LogP contribution in [0.1, 0.15) is 0 Å². The Morgan fingerprint density at radius 2 is 1.11 bits per heavy atom. The van der Waals surface area contributed by atoms with Crippen LogP contribution in [0.5, 0.6) is 0 Å². The Balaban J connectivity index is 1.10. The molecule has 262 valence electrons.